The van der Waals surface area contributed by atoms with Gasteiger partial charge in [0, 0.05) is 5.56 Å². The zero-order valence-corrected chi connectivity index (χ0v) is 10.6. The van der Waals surface area contributed by atoms with Crippen LogP contribution in [0.2, 0.25) is 5.15 Å². The lowest BCUT2D eigenvalue weighted by atomic mass is 10.2. The molecule has 0 atom stereocenters. The SMILES string of the molecule is Cc1ccc(Cl)nc1Oc1cccc(C(F)(F)F)c1. The minimum absolute atomic E-state index is 0.0627. The predicted molar refractivity (Wildman–Crippen MR) is 65.5 cm³/mol. The fraction of sp³-hybridized carbons (Fsp3) is 0.154. The number of aromatic nitrogens is 1. The Hall–Kier alpha value is -1.75. The van der Waals surface area contributed by atoms with Crippen molar-refractivity contribution in [1.82, 2.24) is 4.98 Å². The second-order valence-electron chi connectivity index (χ2n) is 3.88. The summed E-state index contributed by atoms with van der Waals surface area (Å²) in [6.07, 6.45) is -4.41. The number of ether oxygens (including phenoxy) is 1. The van der Waals surface area contributed by atoms with Gasteiger partial charge in [0.25, 0.3) is 0 Å². The molecule has 19 heavy (non-hydrogen) atoms. The minimum atomic E-state index is -4.41. The molecule has 0 bridgehead atoms. The lowest BCUT2D eigenvalue weighted by Crippen LogP contribution is -2.04. The van der Waals surface area contributed by atoms with Crippen LogP contribution in [0, 0.1) is 6.92 Å². The number of halogens is 4. The number of benzene rings is 1. The van der Waals surface area contributed by atoms with E-state index in [2.05, 4.69) is 4.98 Å². The van der Waals surface area contributed by atoms with Crippen molar-refractivity contribution in [2.24, 2.45) is 0 Å². The molecule has 0 amide bonds. The monoisotopic (exact) mass is 287 g/mol. The van der Waals surface area contributed by atoms with Crippen LogP contribution in [0.25, 0.3) is 0 Å². The predicted octanol–water partition coefficient (Wildman–Crippen LogP) is 4.85. The van der Waals surface area contributed by atoms with Crippen LogP contribution < -0.4 is 4.74 Å². The van der Waals surface area contributed by atoms with Crippen LogP contribution in [0.1, 0.15) is 11.1 Å². The van der Waals surface area contributed by atoms with Crippen molar-refractivity contribution in [2.75, 3.05) is 0 Å². The summed E-state index contributed by atoms with van der Waals surface area (Å²) in [6.45, 7) is 1.73. The standard InChI is InChI=1S/C13H9ClF3NO/c1-8-5-6-11(14)18-12(8)19-10-4-2-3-9(7-10)13(15,16)17/h2-7H,1H3. The van der Waals surface area contributed by atoms with Crippen LogP contribution in [0.4, 0.5) is 13.2 Å². The maximum Gasteiger partial charge on any atom is 0.416 e. The van der Waals surface area contributed by atoms with Gasteiger partial charge in [-0.15, -0.1) is 0 Å². The van der Waals surface area contributed by atoms with Gasteiger partial charge in [-0.1, -0.05) is 23.7 Å². The molecule has 1 heterocycles. The summed E-state index contributed by atoms with van der Waals surface area (Å²) in [5.74, 6) is 0.250. The molecule has 0 saturated carbocycles. The molecule has 0 aliphatic carbocycles. The first-order chi connectivity index (χ1) is 8.86. The molecule has 1 aromatic heterocycles. The zero-order chi connectivity index (χ0) is 14.0. The van der Waals surface area contributed by atoms with Crippen molar-refractivity contribution in [2.45, 2.75) is 13.1 Å². The highest BCUT2D eigenvalue weighted by atomic mass is 35.5. The number of hydrogen-bond donors (Lipinski definition) is 0. The van der Waals surface area contributed by atoms with E-state index in [1.807, 2.05) is 0 Å². The molecule has 0 aliphatic rings. The molecule has 0 fully saturated rings. The van der Waals surface area contributed by atoms with Crippen LogP contribution in [-0.4, -0.2) is 4.98 Å². The number of hydrogen-bond acceptors (Lipinski definition) is 2. The molecule has 0 radical (unpaired) electrons. The summed E-state index contributed by atoms with van der Waals surface area (Å²) in [7, 11) is 0. The highest BCUT2D eigenvalue weighted by Crippen LogP contribution is 2.33. The molecule has 2 aromatic rings. The van der Waals surface area contributed by atoms with Crippen LogP contribution in [0.15, 0.2) is 36.4 Å². The van der Waals surface area contributed by atoms with Crippen LogP contribution in [0.3, 0.4) is 0 Å². The summed E-state index contributed by atoms with van der Waals surface area (Å²) in [5.41, 5.74) is -0.0912. The van der Waals surface area contributed by atoms with Gasteiger partial charge in [0.05, 0.1) is 5.56 Å². The molecule has 6 heteroatoms. The van der Waals surface area contributed by atoms with Gasteiger partial charge in [0.2, 0.25) is 5.88 Å². The molecule has 100 valence electrons. The molecule has 0 aliphatic heterocycles. The zero-order valence-electron chi connectivity index (χ0n) is 9.83. The molecule has 2 nitrogen and oxygen atoms in total. The normalized spacial score (nSPS) is 11.4. The second kappa shape index (κ2) is 5.09. The Morgan fingerprint density at radius 1 is 1.16 bits per heavy atom. The minimum Gasteiger partial charge on any atom is -0.439 e. The quantitative estimate of drug-likeness (QED) is 0.736. The van der Waals surface area contributed by atoms with E-state index in [4.69, 9.17) is 16.3 Å². The fourth-order valence-electron chi connectivity index (χ4n) is 1.44. The Kier molecular flexibility index (Phi) is 3.66. The van der Waals surface area contributed by atoms with Crippen molar-refractivity contribution in [1.29, 1.82) is 0 Å². The highest BCUT2D eigenvalue weighted by Gasteiger charge is 2.30. The molecule has 2 rings (SSSR count). The summed E-state index contributed by atoms with van der Waals surface area (Å²) in [5, 5.41) is 0.215. The number of aryl methyl sites for hydroxylation is 1. The number of nitrogens with zero attached hydrogens (tertiary/aromatic N) is 1. The Balaban J connectivity index is 2.31. The van der Waals surface area contributed by atoms with Gasteiger partial charge in [-0.3, -0.25) is 0 Å². The van der Waals surface area contributed by atoms with Crippen LogP contribution >= 0.6 is 11.6 Å². The van der Waals surface area contributed by atoms with Gasteiger partial charge in [-0.2, -0.15) is 13.2 Å². The topological polar surface area (TPSA) is 22.1 Å². The highest BCUT2D eigenvalue weighted by molar-refractivity contribution is 6.29. The Morgan fingerprint density at radius 3 is 2.58 bits per heavy atom. The average molecular weight is 288 g/mol. The number of alkyl halides is 3. The molecule has 0 saturated heterocycles. The Morgan fingerprint density at radius 2 is 1.89 bits per heavy atom. The van der Waals surface area contributed by atoms with Gasteiger partial charge in [0.1, 0.15) is 10.9 Å². The summed E-state index contributed by atoms with van der Waals surface area (Å²) in [4.78, 5) is 3.92. The Bertz CT molecular complexity index is 599. The van der Waals surface area contributed by atoms with Gasteiger partial charge in [0.15, 0.2) is 0 Å². The third-order valence-corrected chi connectivity index (χ3v) is 2.60. The number of pyridine rings is 1. The van der Waals surface area contributed by atoms with Crippen LogP contribution in [0.5, 0.6) is 11.6 Å². The van der Waals surface area contributed by atoms with E-state index in [0.29, 0.717) is 5.56 Å². The lowest BCUT2D eigenvalue weighted by Gasteiger charge is -2.10. The van der Waals surface area contributed by atoms with E-state index < -0.39 is 11.7 Å². The average Bonchev–Trinajstić information content (AvgIpc) is 2.33. The van der Waals surface area contributed by atoms with Gasteiger partial charge < -0.3 is 4.74 Å². The maximum atomic E-state index is 12.6. The molecule has 0 unspecified atom stereocenters. The molecular formula is C13H9ClF3NO. The van der Waals surface area contributed by atoms with Crippen molar-refractivity contribution in [3.8, 4) is 11.6 Å². The van der Waals surface area contributed by atoms with E-state index in [1.54, 1.807) is 19.1 Å². The third kappa shape index (κ3) is 3.38. The Labute approximate surface area is 112 Å². The van der Waals surface area contributed by atoms with E-state index in [0.717, 1.165) is 12.1 Å². The summed E-state index contributed by atoms with van der Waals surface area (Å²) in [6, 6.07) is 7.86. The third-order valence-electron chi connectivity index (χ3n) is 2.39. The van der Waals surface area contributed by atoms with E-state index in [-0.39, 0.29) is 16.8 Å². The van der Waals surface area contributed by atoms with Crippen molar-refractivity contribution >= 4 is 11.6 Å². The van der Waals surface area contributed by atoms with E-state index in [1.165, 1.54) is 12.1 Å². The first kappa shape index (κ1) is 13.7. The van der Waals surface area contributed by atoms with Gasteiger partial charge in [-0.25, -0.2) is 4.98 Å². The van der Waals surface area contributed by atoms with Gasteiger partial charge >= 0.3 is 6.18 Å². The van der Waals surface area contributed by atoms with E-state index in [9.17, 15) is 13.2 Å². The first-order valence-electron chi connectivity index (χ1n) is 5.34. The summed E-state index contributed by atoms with van der Waals surface area (Å²) >= 11 is 5.72. The lowest BCUT2D eigenvalue weighted by molar-refractivity contribution is -0.137. The number of rotatable bonds is 2. The smallest absolute Gasteiger partial charge is 0.416 e. The van der Waals surface area contributed by atoms with Crippen molar-refractivity contribution in [3.05, 3.63) is 52.7 Å². The maximum absolute atomic E-state index is 12.6. The fourth-order valence-corrected chi connectivity index (χ4v) is 1.58. The largest absolute Gasteiger partial charge is 0.439 e. The van der Waals surface area contributed by atoms with Gasteiger partial charge in [-0.05, 0) is 31.2 Å². The summed E-state index contributed by atoms with van der Waals surface area (Å²) < 4.78 is 43.0. The molecular weight excluding hydrogens is 279 g/mol. The van der Waals surface area contributed by atoms with E-state index >= 15 is 0 Å². The first-order valence-corrected chi connectivity index (χ1v) is 5.72. The van der Waals surface area contributed by atoms with Crippen molar-refractivity contribution in [3.63, 3.8) is 0 Å². The van der Waals surface area contributed by atoms with Crippen molar-refractivity contribution < 1.29 is 17.9 Å². The molecule has 0 spiro atoms. The molecule has 0 N–H and O–H groups in total. The second-order valence-corrected chi connectivity index (χ2v) is 4.27. The molecule has 1 aromatic carbocycles. The van der Waals surface area contributed by atoms with Crippen LogP contribution in [-0.2, 0) is 6.18 Å².